The van der Waals surface area contributed by atoms with Crippen LogP contribution in [0.1, 0.15) is 44.8 Å². The number of nitrogens with zero attached hydrogens (tertiary/aromatic N) is 1. The van der Waals surface area contributed by atoms with Gasteiger partial charge in [-0.3, -0.25) is 4.79 Å². The lowest BCUT2D eigenvalue weighted by Gasteiger charge is -2.09. The fourth-order valence-corrected chi connectivity index (χ4v) is 1.49. The Balaban J connectivity index is 2.51. The molecule has 0 heterocycles. The van der Waals surface area contributed by atoms with Crippen LogP contribution in [0.25, 0.3) is 0 Å². The van der Waals surface area contributed by atoms with Crippen molar-refractivity contribution in [1.29, 1.82) is 0 Å². The maximum Gasteiger partial charge on any atom is 0.273 e. The number of amides is 1. The van der Waals surface area contributed by atoms with Gasteiger partial charge in [0.1, 0.15) is 0 Å². The first-order valence-corrected chi connectivity index (χ1v) is 6.21. The molecule has 2 N–H and O–H groups in total. The van der Waals surface area contributed by atoms with Crippen LogP contribution in [0.2, 0.25) is 0 Å². The zero-order valence-corrected chi connectivity index (χ0v) is 10.9. The maximum absolute atomic E-state index is 11.7. The average molecular weight is 248 g/mol. The lowest BCUT2D eigenvalue weighted by Crippen LogP contribution is -2.25. The van der Waals surface area contributed by atoms with Crippen LogP contribution in [-0.2, 0) is 4.79 Å². The molecule has 1 atom stereocenters. The first-order chi connectivity index (χ1) is 8.65. The summed E-state index contributed by atoms with van der Waals surface area (Å²) < 4.78 is 0. The predicted octanol–water partition coefficient (Wildman–Crippen LogP) is 2.40. The van der Waals surface area contributed by atoms with Crippen molar-refractivity contribution in [2.45, 2.75) is 39.2 Å². The van der Waals surface area contributed by atoms with Gasteiger partial charge in [-0.25, -0.2) is 5.43 Å². The molecule has 18 heavy (non-hydrogen) atoms. The van der Waals surface area contributed by atoms with Crippen LogP contribution in [0.15, 0.2) is 35.4 Å². The van der Waals surface area contributed by atoms with Crippen molar-refractivity contribution in [3.05, 3.63) is 35.9 Å². The van der Waals surface area contributed by atoms with Crippen molar-refractivity contribution in [1.82, 2.24) is 5.43 Å². The average Bonchev–Trinajstić information content (AvgIpc) is 2.42. The van der Waals surface area contributed by atoms with Gasteiger partial charge in [0.2, 0.25) is 0 Å². The van der Waals surface area contributed by atoms with E-state index < -0.39 is 12.0 Å². The number of hydrogen-bond acceptors (Lipinski definition) is 3. The number of unbranched alkanes of at least 4 members (excludes halogenated alkanes) is 1. The Morgan fingerprint density at radius 3 is 2.67 bits per heavy atom. The summed E-state index contributed by atoms with van der Waals surface area (Å²) in [5.41, 5.74) is 3.82. The molecule has 0 aliphatic heterocycles. The number of rotatable bonds is 6. The van der Waals surface area contributed by atoms with Gasteiger partial charge in [0.25, 0.3) is 5.91 Å². The third-order valence-corrected chi connectivity index (χ3v) is 2.61. The fraction of sp³-hybridized carbons (Fsp3) is 0.429. The number of carbonyl (C=O) groups excluding carboxylic acids is 1. The summed E-state index contributed by atoms with van der Waals surface area (Å²) in [6, 6.07) is 8.81. The van der Waals surface area contributed by atoms with E-state index >= 15 is 0 Å². The molecule has 0 spiro atoms. The number of hydrogen-bond donors (Lipinski definition) is 2. The summed E-state index contributed by atoms with van der Waals surface area (Å²) in [5.74, 6) is -0.503. The quantitative estimate of drug-likeness (QED) is 0.600. The molecule has 0 aliphatic rings. The Bertz CT molecular complexity index is 402. The minimum absolute atomic E-state index is 0.503. The lowest BCUT2D eigenvalue weighted by molar-refractivity contribution is -0.129. The molecule has 1 unspecified atom stereocenters. The van der Waals surface area contributed by atoms with Crippen molar-refractivity contribution in [3.8, 4) is 0 Å². The van der Waals surface area contributed by atoms with Gasteiger partial charge in [0.15, 0.2) is 6.10 Å². The second kappa shape index (κ2) is 7.61. The summed E-state index contributed by atoms with van der Waals surface area (Å²) in [7, 11) is 0. The van der Waals surface area contributed by atoms with Crippen molar-refractivity contribution in [3.63, 3.8) is 0 Å². The highest BCUT2D eigenvalue weighted by molar-refractivity contribution is 5.86. The zero-order chi connectivity index (χ0) is 13.4. The van der Waals surface area contributed by atoms with Crippen LogP contribution < -0.4 is 5.43 Å². The Labute approximate surface area is 108 Å². The summed E-state index contributed by atoms with van der Waals surface area (Å²) in [6.07, 6.45) is 1.83. The summed E-state index contributed by atoms with van der Waals surface area (Å²) in [4.78, 5) is 11.7. The molecule has 0 aliphatic carbocycles. The van der Waals surface area contributed by atoms with Gasteiger partial charge >= 0.3 is 0 Å². The third kappa shape index (κ3) is 4.67. The monoisotopic (exact) mass is 248 g/mol. The maximum atomic E-state index is 11.7. The minimum Gasteiger partial charge on any atom is -0.378 e. The Morgan fingerprint density at radius 2 is 2.06 bits per heavy atom. The highest BCUT2D eigenvalue weighted by atomic mass is 16.3. The molecule has 1 amide bonds. The molecule has 0 fully saturated rings. The normalized spacial score (nSPS) is 13.2. The smallest absolute Gasteiger partial charge is 0.273 e. The van der Waals surface area contributed by atoms with E-state index in [9.17, 15) is 9.90 Å². The van der Waals surface area contributed by atoms with Crippen LogP contribution in [-0.4, -0.2) is 16.7 Å². The second-order valence-corrected chi connectivity index (χ2v) is 4.24. The topological polar surface area (TPSA) is 61.7 Å². The largest absolute Gasteiger partial charge is 0.378 e. The van der Waals surface area contributed by atoms with Crippen molar-refractivity contribution in [2.75, 3.05) is 0 Å². The van der Waals surface area contributed by atoms with Gasteiger partial charge in [0, 0.05) is 5.71 Å². The molecule has 0 saturated carbocycles. The van der Waals surface area contributed by atoms with Gasteiger partial charge in [-0.2, -0.15) is 5.10 Å². The molecule has 4 heteroatoms. The highest BCUT2D eigenvalue weighted by Gasteiger charge is 2.16. The van der Waals surface area contributed by atoms with E-state index in [1.165, 1.54) is 0 Å². The first kappa shape index (κ1) is 14.4. The van der Waals surface area contributed by atoms with Crippen LogP contribution in [0, 0.1) is 0 Å². The van der Waals surface area contributed by atoms with Gasteiger partial charge in [-0.15, -0.1) is 0 Å². The molecule has 0 bridgehead atoms. The molecule has 0 radical (unpaired) electrons. The van der Waals surface area contributed by atoms with E-state index in [1.807, 2.05) is 13.0 Å². The number of hydrazone groups is 1. The van der Waals surface area contributed by atoms with E-state index in [4.69, 9.17) is 0 Å². The second-order valence-electron chi connectivity index (χ2n) is 4.24. The van der Waals surface area contributed by atoms with E-state index in [0.717, 1.165) is 25.0 Å². The number of carbonyl (C=O) groups is 1. The SMILES string of the molecule is CCCCC(C)=NNC(=O)C(O)c1ccccc1. The van der Waals surface area contributed by atoms with E-state index in [2.05, 4.69) is 17.5 Å². The van der Waals surface area contributed by atoms with E-state index in [1.54, 1.807) is 24.3 Å². The number of aliphatic hydroxyl groups excluding tert-OH is 1. The van der Waals surface area contributed by atoms with E-state index in [0.29, 0.717) is 5.56 Å². The molecule has 1 aromatic rings. The molecule has 0 aromatic heterocycles. The third-order valence-electron chi connectivity index (χ3n) is 2.61. The number of aliphatic hydroxyl groups is 1. The molecule has 0 saturated heterocycles. The van der Waals surface area contributed by atoms with Gasteiger partial charge in [-0.05, 0) is 25.3 Å². The van der Waals surface area contributed by atoms with Crippen LogP contribution in [0.3, 0.4) is 0 Å². The summed E-state index contributed by atoms with van der Waals surface area (Å²) in [5, 5.41) is 13.8. The molecule has 1 rings (SSSR count). The summed E-state index contributed by atoms with van der Waals surface area (Å²) in [6.45, 7) is 3.97. The van der Waals surface area contributed by atoms with Gasteiger partial charge < -0.3 is 5.11 Å². The van der Waals surface area contributed by atoms with Crippen LogP contribution in [0.5, 0.6) is 0 Å². The fourth-order valence-electron chi connectivity index (χ4n) is 1.49. The van der Waals surface area contributed by atoms with Crippen LogP contribution >= 0.6 is 0 Å². The first-order valence-electron chi connectivity index (χ1n) is 6.21. The predicted molar refractivity (Wildman–Crippen MR) is 72.2 cm³/mol. The van der Waals surface area contributed by atoms with Crippen molar-refractivity contribution >= 4 is 11.6 Å². The number of benzene rings is 1. The van der Waals surface area contributed by atoms with Crippen molar-refractivity contribution in [2.24, 2.45) is 5.10 Å². The van der Waals surface area contributed by atoms with Crippen molar-refractivity contribution < 1.29 is 9.90 Å². The lowest BCUT2D eigenvalue weighted by atomic mass is 10.1. The molecule has 1 aromatic carbocycles. The number of nitrogens with one attached hydrogen (secondary N) is 1. The molecular weight excluding hydrogens is 228 g/mol. The Kier molecular flexibility index (Phi) is 6.08. The molecule has 4 nitrogen and oxygen atoms in total. The molecular formula is C14H20N2O2. The molecule has 98 valence electrons. The standard InChI is InChI=1S/C14H20N2O2/c1-3-4-8-11(2)15-16-14(18)13(17)12-9-6-5-7-10-12/h5-7,9-10,13,17H,3-4,8H2,1-2H3,(H,16,18). The highest BCUT2D eigenvalue weighted by Crippen LogP contribution is 2.11. The minimum atomic E-state index is -1.17. The Morgan fingerprint density at radius 1 is 1.39 bits per heavy atom. The summed E-state index contributed by atoms with van der Waals surface area (Å²) >= 11 is 0. The van der Waals surface area contributed by atoms with Gasteiger partial charge in [-0.1, -0.05) is 43.7 Å². The Hall–Kier alpha value is -1.68. The van der Waals surface area contributed by atoms with Gasteiger partial charge in [0.05, 0.1) is 0 Å². The zero-order valence-electron chi connectivity index (χ0n) is 10.9. The van der Waals surface area contributed by atoms with E-state index in [-0.39, 0.29) is 0 Å². The van der Waals surface area contributed by atoms with Crippen LogP contribution in [0.4, 0.5) is 0 Å².